The zero-order valence-corrected chi connectivity index (χ0v) is 13.2. The standard InChI is InChI=1S/C17H18N4O2/c1-4-8-22-14-7-5-6-13(9-14)11-19-21-17-15(10-18)20-16(23-17)12(2)3/h5-7,9,11,21H,2,4,8H2,1,3H3. The lowest BCUT2D eigenvalue weighted by Gasteiger charge is -2.04. The van der Waals surface area contributed by atoms with Crippen LogP contribution in [0.1, 0.15) is 37.4 Å². The van der Waals surface area contributed by atoms with Crippen molar-refractivity contribution in [2.75, 3.05) is 12.0 Å². The Morgan fingerprint density at radius 1 is 1.57 bits per heavy atom. The van der Waals surface area contributed by atoms with Crippen LogP contribution in [0.4, 0.5) is 5.88 Å². The predicted octanol–water partition coefficient (Wildman–Crippen LogP) is 3.81. The molecule has 0 saturated heterocycles. The van der Waals surface area contributed by atoms with Crippen molar-refractivity contribution < 1.29 is 9.15 Å². The van der Waals surface area contributed by atoms with Gasteiger partial charge in [0, 0.05) is 5.57 Å². The fourth-order valence-electron chi connectivity index (χ4n) is 1.72. The summed E-state index contributed by atoms with van der Waals surface area (Å²) in [6, 6.07) is 9.51. The summed E-state index contributed by atoms with van der Waals surface area (Å²) in [7, 11) is 0. The topological polar surface area (TPSA) is 83.4 Å². The number of aromatic nitrogens is 1. The fraction of sp³-hybridized carbons (Fsp3) is 0.235. The van der Waals surface area contributed by atoms with Crippen LogP contribution < -0.4 is 10.2 Å². The molecule has 0 bridgehead atoms. The highest BCUT2D eigenvalue weighted by atomic mass is 16.5. The first-order valence-corrected chi connectivity index (χ1v) is 7.22. The maximum atomic E-state index is 9.04. The molecule has 0 atom stereocenters. The lowest BCUT2D eigenvalue weighted by Crippen LogP contribution is -1.96. The van der Waals surface area contributed by atoms with Crippen molar-refractivity contribution in [3.63, 3.8) is 0 Å². The minimum atomic E-state index is 0.139. The molecular weight excluding hydrogens is 292 g/mol. The molecule has 0 spiro atoms. The summed E-state index contributed by atoms with van der Waals surface area (Å²) in [5, 5.41) is 13.1. The molecule has 2 rings (SSSR count). The van der Waals surface area contributed by atoms with Gasteiger partial charge in [-0.25, -0.2) is 5.43 Å². The lowest BCUT2D eigenvalue weighted by molar-refractivity contribution is 0.317. The third-order valence-corrected chi connectivity index (χ3v) is 2.81. The highest BCUT2D eigenvalue weighted by molar-refractivity contribution is 5.80. The van der Waals surface area contributed by atoms with Gasteiger partial charge < -0.3 is 9.15 Å². The number of hydrazone groups is 1. The van der Waals surface area contributed by atoms with Crippen LogP contribution >= 0.6 is 0 Å². The van der Waals surface area contributed by atoms with Crippen molar-refractivity contribution in [1.29, 1.82) is 5.26 Å². The van der Waals surface area contributed by atoms with E-state index in [0.29, 0.717) is 18.1 Å². The van der Waals surface area contributed by atoms with Gasteiger partial charge >= 0.3 is 0 Å². The molecular formula is C17H18N4O2. The minimum absolute atomic E-state index is 0.139. The molecule has 0 amide bonds. The molecule has 0 radical (unpaired) electrons. The van der Waals surface area contributed by atoms with Crippen molar-refractivity contribution in [3.05, 3.63) is 48.0 Å². The lowest BCUT2D eigenvalue weighted by atomic mass is 10.2. The third kappa shape index (κ3) is 4.45. The van der Waals surface area contributed by atoms with Crippen LogP contribution in [0.25, 0.3) is 5.57 Å². The summed E-state index contributed by atoms with van der Waals surface area (Å²) in [6.07, 6.45) is 2.57. The van der Waals surface area contributed by atoms with Crippen LogP contribution in [0.15, 0.2) is 40.4 Å². The van der Waals surface area contributed by atoms with E-state index in [9.17, 15) is 0 Å². The molecule has 1 aromatic heterocycles. The summed E-state index contributed by atoms with van der Waals surface area (Å²) in [5.74, 6) is 1.30. The smallest absolute Gasteiger partial charge is 0.252 e. The predicted molar refractivity (Wildman–Crippen MR) is 89.4 cm³/mol. The molecule has 1 N–H and O–H groups in total. The quantitative estimate of drug-likeness (QED) is 0.621. The van der Waals surface area contributed by atoms with Gasteiger partial charge in [-0.05, 0) is 31.0 Å². The third-order valence-electron chi connectivity index (χ3n) is 2.81. The molecule has 1 aromatic carbocycles. The van der Waals surface area contributed by atoms with Gasteiger partial charge in [0.15, 0.2) is 0 Å². The molecule has 0 aliphatic carbocycles. The maximum absolute atomic E-state index is 9.04. The monoisotopic (exact) mass is 310 g/mol. The van der Waals surface area contributed by atoms with Crippen molar-refractivity contribution in [1.82, 2.24) is 4.98 Å². The molecule has 6 nitrogen and oxygen atoms in total. The van der Waals surface area contributed by atoms with Crippen molar-refractivity contribution >= 4 is 17.7 Å². The number of rotatable bonds is 7. The molecule has 23 heavy (non-hydrogen) atoms. The average molecular weight is 310 g/mol. The van der Waals surface area contributed by atoms with Crippen LogP contribution in [0, 0.1) is 11.3 Å². The van der Waals surface area contributed by atoms with Crippen LogP contribution in [0.2, 0.25) is 0 Å². The second-order valence-corrected chi connectivity index (χ2v) is 4.88. The Bertz CT molecular complexity index is 756. The largest absolute Gasteiger partial charge is 0.494 e. The number of hydrogen-bond donors (Lipinski definition) is 1. The number of oxazole rings is 1. The highest BCUT2D eigenvalue weighted by Crippen LogP contribution is 2.20. The van der Waals surface area contributed by atoms with Crippen molar-refractivity contribution in [2.45, 2.75) is 20.3 Å². The number of nitriles is 1. The number of hydrogen-bond acceptors (Lipinski definition) is 6. The van der Waals surface area contributed by atoms with E-state index in [1.807, 2.05) is 30.3 Å². The van der Waals surface area contributed by atoms with Crippen molar-refractivity contribution in [2.24, 2.45) is 5.10 Å². The fourth-order valence-corrected chi connectivity index (χ4v) is 1.72. The van der Waals surface area contributed by atoms with E-state index >= 15 is 0 Å². The van der Waals surface area contributed by atoms with Gasteiger partial charge in [0.2, 0.25) is 11.6 Å². The van der Waals surface area contributed by atoms with Gasteiger partial charge in [0.05, 0.1) is 12.8 Å². The van der Waals surface area contributed by atoms with E-state index in [2.05, 4.69) is 29.0 Å². The zero-order valence-electron chi connectivity index (χ0n) is 13.2. The Morgan fingerprint density at radius 2 is 2.39 bits per heavy atom. The first kappa shape index (κ1) is 16.3. The number of ether oxygens (including phenoxy) is 1. The maximum Gasteiger partial charge on any atom is 0.252 e. The number of nitrogens with one attached hydrogen (secondary N) is 1. The molecule has 0 saturated carbocycles. The van der Waals surface area contributed by atoms with E-state index < -0.39 is 0 Å². The first-order valence-electron chi connectivity index (χ1n) is 7.22. The molecule has 6 heteroatoms. The summed E-state index contributed by atoms with van der Waals surface area (Å²) in [5.41, 5.74) is 4.33. The first-order chi connectivity index (χ1) is 11.1. The van der Waals surface area contributed by atoms with Crippen LogP contribution in [0.5, 0.6) is 5.75 Å². The minimum Gasteiger partial charge on any atom is -0.494 e. The van der Waals surface area contributed by atoms with Crippen LogP contribution in [-0.4, -0.2) is 17.8 Å². The van der Waals surface area contributed by atoms with Gasteiger partial charge in [-0.3, -0.25) is 0 Å². The van der Waals surface area contributed by atoms with E-state index in [1.54, 1.807) is 13.1 Å². The van der Waals surface area contributed by atoms with Gasteiger partial charge in [-0.2, -0.15) is 15.3 Å². The molecule has 0 fully saturated rings. The number of nitrogens with zero attached hydrogens (tertiary/aromatic N) is 3. The highest BCUT2D eigenvalue weighted by Gasteiger charge is 2.12. The number of anilines is 1. The Hall–Kier alpha value is -3.07. The van der Waals surface area contributed by atoms with Crippen LogP contribution in [-0.2, 0) is 0 Å². The molecule has 118 valence electrons. The second kappa shape index (κ2) is 7.80. The van der Waals surface area contributed by atoms with E-state index in [1.165, 1.54) is 0 Å². The number of benzene rings is 1. The zero-order chi connectivity index (χ0) is 16.7. The van der Waals surface area contributed by atoms with Crippen LogP contribution in [0.3, 0.4) is 0 Å². The van der Waals surface area contributed by atoms with E-state index in [0.717, 1.165) is 17.7 Å². The van der Waals surface area contributed by atoms with Crippen molar-refractivity contribution in [3.8, 4) is 11.8 Å². The number of allylic oxidation sites excluding steroid dienone is 1. The molecule has 0 aliphatic heterocycles. The second-order valence-electron chi connectivity index (χ2n) is 4.88. The summed E-state index contributed by atoms with van der Waals surface area (Å²) >= 11 is 0. The Morgan fingerprint density at radius 3 is 3.09 bits per heavy atom. The molecule has 1 heterocycles. The van der Waals surface area contributed by atoms with Gasteiger partial charge in [-0.1, -0.05) is 25.6 Å². The SMILES string of the molecule is C=C(C)c1nc(C#N)c(NN=Cc2cccc(OCCC)c2)o1. The average Bonchev–Trinajstić information content (AvgIpc) is 2.97. The van der Waals surface area contributed by atoms with Gasteiger partial charge in [0.25, 0.3) is 5.88 Å². The summed E-state index contributed by atoms with van der Waals surface area (Å²) in [4.78, 5) is 4.02. The van der Waals surface area contributed by atoms with E-state index in [-0.39, 0.29) is 11.6 Å². The summed E-state index contributed by atoms with van der Waals surface area (Å²) in [6.45, 7) is 8.21. The molecule has 2 aromatic rings. The normalized spacial score (nSPS) is 10.5. The van der Waals surface area contributed by atoms with Gasteiger partial charge in [-0.15, -0.1) is 0 Å². The molecule has 0 aliphatic rings. The van der Waals surface area contributed by atoms with Gasteiger partial charge in [0.1, 0.15) is 11.8 Å². The Kier molecular flexibility index (Phi) is 5.53. The Balaban J connectivity index is 2.07. The Labute approximate surface area is 135 Å². The summed E-state index contributed by atoms with van der Waals surface area (Å²) < 4.78 is 11.0. The molecule has 0 unspecified atom stereocenters. The van der Waals surface area contributed by atoms with E-state index in [4.69, 9.17) is 14.4 Å².